The molecule has 2 heterocycles. The quantitative estimate of drug-likeness (QED) is 0.727. The summed E-state index contributed by atoms with van der Waals surface area (Å²) < 4.78 is 4.71. The summed E-state index contributed by atoms with van der Waals surface area (Å²) in [4.78, 5) is 28.9. The Bertz CT molecular complexity index is 815. The third-order valence-electron chi connectivity index (χ3n) is 4.83. The van der Waals surface area contributed by atoms with Crippen molar-refractivity contribution in [3.05, 3.63) is 46.2 Å². The van der Waals surface area contributed by atoms with Gasteiger partial charge in [-0.1, -0.05) is 18.2 Å². The number of amides is 2. The molecule has 1 aliphatic rings. The maximum Gasteiger partial charge on any atom is 0.350 e. The molecule has 0 unspecified atom stereocenters. The number of methoxy groups -OCH3 is 1. The zero-order chi connectivity index (χ0) is 19.9. The molecule has 0 radical (unpaired) electrons. The fraction of sp³-hybridized carbons (Fsp3) is 0.400. The van der Waals surface area contributed by atoms with Crippen molar-refractivity contribution >= 4 is 34.7 Å². The van der Waals surface area contributed by atoms with E-state index < -0.39 is 5.97 Å². The lowest BCUT2D eigenvalue weighted by atomic mass is 10.1. The van der Waals surface area contributed by atoms with E-state index >= 15 is 0 Å². The van der Waals surface area contributed by atoms with Gasteiger partial charge in [0.05, 0.1) is 12.8 Å². The van der Waals surface area contributed by atoms with Crippen molar-refractivity contribution in [2.24, 2.45) is 0 Å². The molecular weight excluding hydrogens is 376 g/mol. The number of hydrogen-bond acceptors (Lipinski definition) is 6. The van der Waals surface area contributed by atoms with Gasteiger partial charge < -0.3 is 20.3 Å². The molecule has 150 valence electrons. The first-order chi connectivity index (χ1) is 13.6. The van der Waals surface area contributed by atoms with E-state index in [4.69, 9.17) is 4.74 Å². The van der Waals surface area contributed by atoms with Gasteiger partial charge in [0.1, 0.15) is 4.88 Å². The van der Waals surface area contributed by atoms with Gasteiger partial charge in [-0.15, -0.1) is 11.3 Å². The lowest BCUT2D eigenvalue weighted by Crippen LogP contribution is -2.48. The van der Waals surface area contributed by atoms with Crippen LogP contribution in [0.25, 0.3) is 0 Å². The number of piperazine rings is 1. The van der Waals surface area contributed by atoms with Crippen molar-refractivity contribution in [2.75, 3.05) is 56.6 Å². The van der Waals surface area contributed by atoms with Crippen LogP contribution in [0.2, 0.25) is 0 Å². The van der Waals surface area contributed by atoms with E-state index in [0.717, 1.165) is 32.7 Å². The van der Waals surface area contributed by atoms with Crippen molar-refractivity contribution in [1.82, 2.24) is 10.2 Å². The second-order valence-corrected chi connectivity index (χ2v) is 7.57. The molecule has 2 N–H and O–H groups in total. The molecule has 1 aromatic carbocycles. The van der Waals surface area contributed by atoms with Crippen LogP contribution in [-0.4, -0.2) is 63.3 Å². The molecule has 7 nitrogen and oxygen atoms in total. The number of aryl methyl sites for hydroxylation is 1. The van der Waals surface area contributed by atoms with Crippen LogP contribution in [0, 0.1) is 6.92 Å². The highest BCUT2D eigenvalue weighted by Gasteiger charge is 2.18. The van der Waals surface area contributed by atoms with Crippen molar-refractivity contribution in [3.8, 4) is 0 Å². The third-order valence-corrected chi connectivity index (χ3v) is 5.72. The van der Waals surface area contributed by atoms with Crippen molar-refractivity contribution in [3.63, 3.8) is 0 Å². The van der Waals surface area contributed by atoms with E-state index in [1.54, 1.807) is 11.4 Å². The molecule has 0 aliphatic carbocycles. The number of carbonyl (C=O) groups is 2. The second-order valence-electron chi connectivity index (χ2n) is 6.65. The fourth-order valence-corrected chi connectivity index (χ4v) is 4.05. The molecule has 1 saturated heterocycles. The summed E-state index contributed by atoms with van der Waals surface area (Å²) in [6.45, 7) is 7.38. The summed E-state index contributed by atoms with van der Waals surface area (Å²) in [5.41, 5.74) is 3.08. The second kappa shape index (κ2) is 9.57. The largest absolute Gasteiger partial charge is 0.465 e. The highest BCUT2D eigenvalue weighted by molar-refractivity contribution is 7.12. The maximum absolute atomic E-state index is 12.1. The highest BCUT2D eigenvalue weighted by atomic mass is 32.1. The molecule has 1 aliphatic heterocycles. The van der Waals surface area contributed by atoms with E-state index in [-0.39, 0.29) is 6.03 Å². The zero-order valence-corrected chi connectivity index (χ0v) is 17.1. The minimum Gasteiger partial charge on any atom is -0.465 e. The van der Waals surface area contributed by atoms with E-state index in [1.165, 1.54) is 29.7 Å². The van der Waals surface area contributed by atoms with E-state index in [2.05, 4.69) is 51.6 Å². The Morgan fingerprint density at radius 3 is 2.61 bits per heavy atom. The normalized spacial score (nSPS) is 14.6. The summed E-state index contributed by atoms with van der Waals surface area (Å²) in [5, 5.41) is 7.31. The van der Waals surface area contributed by atoms with Gasteiger partial charge in [-0.25, -0.2) is 9.59 Å². The smallest absolute Gasteiger partial charge is 0.350 e. The molecule has 2 aromatic rings. The van der Waals surface area contributed by atoms with Crippen LogP contribution >= 0.6 is 11.3 Å². The lowest BCUT2D eigenvalue weighted by Gasteiger charge is -2.36. The lowest BCUT2D eigenvalue weighted by molar-refractivity contribution is 0.0607. The summed E-state index contributed by atoms with van der Waals surface area (Å²) in [6, 6.07) is 9.84. The van der Waals surface area contributed by atoms with Gasteiger partial charge in [0.25, 0.3) is 0 Å². The van der Waals surface area contributed by atoms with Crippen molar-refractivity contribution in [1.29, 1.82) is 0 Å². The first-order valence-electron chi connectivity index (χ1n) is 9.32. The summed E-state index contributed by atoms with van der Waals surface area (Å²) in [5.74, 6) is -0.447. The summed E-state index contributed by atoms with van der Waals surface area (Å²) in [7, 11) is 1.32. The number of nitrogens with one attached hydrogen (secondary N) is 2. The Balaban J connectivity index is 1.39. The number of thiophene rings is 1. The standard InChI is InChI=1S/C20H26N4O3S/c1-15-5-3-4-6-17(15)24-12-10-23(11-13-24)9-8-21-20(26)22-16-7-14-28-18(16)19(25)27-2/h3-7,14H,8-13H2,1-2H3,(H2,21,22,26). The van der Waals surface area contributed by atoms with Crippen LogP contribution in [0.3, 0.4) is 0 Å². The molecule has 1 aromatic heterocycles. The average molecular weight is 403 g/mol. The molecule has 1 fully saturated rings. The maximum atomic E-state index is 12.1. The molecule has 0 spiro atoms. The Labute approximate surface area is 169 Å². The molecular formula is C20H26N4O3S. The van der Waals surface area contributed by atoms with Crippen molar-refractivity contribution < 1.29 is 14.3 Å². The number of nitrogens with zero attached hydrogens (tertiary/aromatic N) is 2. The third kappa shape index (κ3) is 5.02. The summed E-state index contributed by atoms with van der Waals surface area (Å²) in [6.07, 6.45) is 0. The van der Waals surface area contributed by atoms with E-state index in [0.29, 0.717) is 17.1 Å². The molecule has 0 bridgehead atoms. The van der Waals surface area contributed by atoms with Crippen LogP contribution < -0.4 is 15.5 Å². The summed E-state index contributed by atoms with van der Waals surface area (Å²) >= 11 is 1.24. The molecule has 8 heteroatoms. The Morgan fingerprint density at radius 1 is 1.14 bits per heavy atom. The first-order valence-corrected chi connectivity index (χ1v) is 10.2. The van der Waals surface area contributed by atoms with E-state index in [1.807, 2.05) is 0 Å². The van der Waals surface area contributed by atoms with Gasteiger partial charge in [0.2, 0.25) is 0 Å². The zero-order valence-electron chi connectivity index (χ0n) is 16.2. The van der Waals surface area contributed by atoms with Gasteiger partial charge in [-0.05, 0) is 30.0 Å². The number of rotatable bonds is 6. The molecule has 2 amide bonds. The monoisotopic (exact) mass is 402 g/mol. The van der Waals surface area contributed by atoms with Crippen molar-refractivity contribution in [2.45, 2.75) is 6.92 Å². The van der Waals surface area contributed by atoms with Gasteiger partial charge in [0, 0.05) is 45.0 Å². The van der Waals surface area contributed by atoms with Gasteiger partial charge in [0.15, 0.2) is 0 Å². The van der Waals surface area contributed by atoms with Crippen LogP contribution in [0.1, 0.15) is 15.2 Å². The molecule has 3 rings (SSSR count). The topological polar surface area (TPSA) is 73.9 Å². The number of para-hydroxylation sites is 1. The predicted molar refractivity (Wildman–Crippen MR) is 113 cm³/mol. The van der Waals surface area contributed by atoms with E-state index in [9.17, 15) is 9.59 Å². The van der Waals surface area contributed by atoms with Crippen LogP contribution in [-0.2, 0) is 4.74 Å². The minimum atomic E-state index is -0.447. The van der Waals surface area contributed by atoms with Crippen LogP contribution in [0.5, 0.6) is 0 Å². The number of carbonyl (C=O) groups excluding carboxylic acids is 2. The number of esters is 1. The Hall–Kier alpha value is -2.58. The number of benzene rings is 1. The average Bonchev–Trinajstić information content (AvgIpc) is 3.16. The molecule has 0 atom stereocenters. The fourth-order valence-electron chi connectivity index (χ4n) is 3.28. The van der Waals surface area contributed by atoms with Gasteiger partial charge >= 0.3 is 12.0 Å². The molecule has 28 heavy (non-hydrogen) atoms. The number of ether oxygens (including phenoxy) is 1. The molecule has 0 saturated carbocycles. The van der Waals surface area contributed by atoms with Gasteiger partial charge in [-0.3, -0.25) is 4.90 Å². The van der Waals surface area contributed by atoms with Crippen LogP contribution in [0.15, 0.2) is 35.7 Å². The highest BCUT2D eigenvalue weighted by Crippen LogP contribution is 2.23. The SMILES string of the molecule is COC(=O)c1sccc1NC(=O)NCCN1CCN(c2ccccc2C)CC1. The Morgan fingerprint density at radius 2 is 1.89 bits per heavy atom. The minimum absolute atomic E-state index is 0.318. The number of urea groups is 1. The Kier molecular flexibility index (Phi) is 6.89. The predicted octanol–water partition coefficient (Wildman–Crippen LogP) is 2.79. The number of anilines is 2. The number of hydrogen-bond donors (Lipinski definition) is 2. The first kappa shape index (κ1) is 20.2. The van der Waals surface area contributed by atoms with Crippen LogP contribution in [0.4, 0.5) is 16.2 Å². The van der Waals surface area contributed by atoms with Gasteiger partial charge in [-0.2, -0.15) is 0 Å².